The van der Waals surface area contributed by atoms with E-state index in [9.17, 15) is 8.42 Å². The number of rotatable bonds is 4. The van der Waals surface area contributed by atoms with Crippen molar-refractivity contribution in [1.29, 1.82) is 5.41 Å². The molecule has 0 aromatic heterocycles. The second-order valence-corrected chi connectivity index (χ2v) is 10.1. The van der Waals surface area contributed by atoms with Crippen molar-refractivity contribution in [2.24, 2.45) is 0 Å². The summed E-state index contributed by atoms with van der Waals surface area (Å²) in [5.74, 6) is 0.268. The van der Waals surface area contributed by atoms with Crippen LogP contribution in [0.15, 0.2) is 71.6 Å². The van der Waals surface area contributed by atoms with E-state index in [1.54, 1.807) is 29.2 Å². The summed E-state index contributed by atoms with van der Waals surface area (Å²) < 4.78 is 28.0. The molecule has 31 heavy (non-hydrogen) atoms. The van der Waals surface area contributed by atoms with Crippen LogP contribution >= 0.6 is 0 Å². The molecule has 1 saturated heterocycles. The van der Waals surface area contributed by atoms with Gasteiger partial charge in [-0.3, -0.25) is 10.3 Å². The number of sulfone groups is 1. The predicted octanol–water partition coefficient (Wildman–Crippen LogP) is 4.98. The summed E-state index contributed by atoms with van der Waals surface area (Å²) in [6.07, 6.45) is 0. The topological polar surface area (TPSA) is 64.5 Å². The zero-order valence-electron chi connectivity index (χ0n) is 18.3. The van der Waals surface area contributed by atoms with Crippen LogP contribution in [0.1, 0.15) is 22.3 Å². The van der Waals surface area contributed by atoms with Crippen LogP contribution in [0, 0.1) is 33.1 Å². The van der Waals surface area contributed by atoms with Crippen LogP contribution in [-0.2, 0) is 9.84 Å². The van der Waals surface area contributed by atoms with Crippen molar-refractivity contribution in [3.8, 4) is 0 Å². The highest BCUT2D eigenvalue weighted by Gasteiger charge is 2.47. The Morgan fingerprint density at radius 1 is 0.742 bits per heavy atom. The number of benzene rings is 3. The SMILES string of the molecule is Cc1cccc(C)c1N1CC(=N)N(c2c(C)cccc2C)C1S(=O)(=O)c1ccccc1. The first-order chi connectivity index (χ1) is 14.7. The van der Waals surface area contributed by atoms with Crippen LogP contribution < -0.4 is 9.80 Å². The molecule has 3 aromatic carbocycles. The molecule has 5 nitrogen and oxygen atoms in total. The summed E-state index contributed by atoms with van der Waals surface area (Å²) in [5, 5.41) is 8.85. The molecule has 0 aliphatic carbocycles. The van der Waals surface area contributed by atoms with Gasteiger partial charge in [-0.1, -0.05) is 54.6 Å². The van der Waals surface area contributed by atoms with Gasteiger partial charge in [-0.25, -0.2) is 8.42 Å². The van der Waals surface area contributed by atoms with Gasteiger partial charge in [0.15, 0.2) is 0 Å². The van der Waals surface area contributed by atoms with E-state index >= 15 is 0 Å². The lowest BCUT2D eigenvalue weighted by molar-refractivity contribution is 0.580. The summed E-state index contributed by atoms with van der Waals surface area (Å²) in [6.45, 7) is 8.11. The van der Waals surface area contributed by atoms with E-state index in [2.05, 4.69) is 0 Å². The van der Waals surface area contributed by atoms with Gasteiger partial charge in [0.05, 0.1) is 17.1 Å². The minimum absolute atomic E-state index is 0.218. The van der Waals surface area contributed by atoms with Crippen molar-refractivity contribution in [1.82, 2.24) is 0 Å². The fourth-order valence-corrected chi connectivity index (χ4v) is 6.31. The quantitative estimate of drug-likeness (QED) is 0.630. The Morgan fingerprint density at radius 2 is 1.23 bits per heavy atom. The normalized spacial score (nSPS) is 16.8. The molecular formula is C25H27N3O2S. The average Bonchev–Trinajstić information content (AvgIpc) is 3.06. The highest BCUT2D eigenvalue weighted by atomic mass is 32.2. The van der Waals surface area contributed by atoms with Crippen LogP contribution in [0.2, 0.25) is 0 Å². The number of nitrogens with zero attached hydrogens (tertiary/aromatic N) is 2. The second-order valence-electron chi connectivity index (χ2n) is 8.11. The van der Waals surface area contributed by atoms with Crippen molar-refractivity contribution in [2.45, 2.75) is 38.1 Å². The first-order valence-corrected chi connectivity index (χ1v) is 11.8. The molecule has 1 aliphatic heterocycles. The summed E-state index contributed by atoms with van der Waals surface area (Å²) in [6, 6.07) is 20.4. The number of aryl methyl sites for hydroxylation is 4. The number of para-hydroxylation sites is 2. The lowest BCUT2D eigenvalue weighted by atomic mass is 10.1. The monoisotopic (exact) mass is 433 g/mol. The van der Waals surface area contributed by atoms with Crippen LogP contribution in [0.5, 0.6) is 0 Å². The van der Waals surface area contributed by atoms with Crippen molar-refractivity contribution < 1.29 is 8.42 Å². The van der Waals surface area contributed by atoms with Gasteiger partial charge in [-0.05, 0) is 62.1 Å². The molecule has 1 atom stereocenters. The zero-order valence-corrected chi connectivity index (χ0v) is 19.1. The largest absolute Gasteiger partial charge is 0.330 e. The Labute approximate surface area is 184 Å². The number of anilines is 2. The lowest BCUT2D eigenvalue weighted by Crippen LogP contribution is -2.47. The molecule has 0 amide bonds. The molecule has 1 N–H and O–H groups in total. The third-order valence-electron chi connectivity index (χ3n) is 5.85. The predicted molar refractivity (Wildman–Crippen MR) is 127 cm³/mol. The van der Waals surface area contributed by atoms with E-state index in [1.807, 2.05) is 75.1 Å². The molecule has 1 unspecified atom stereocenters. The fourth-order valence-electron chi connectivity index (χ4n) is 4.51. The van der Waals surface area contributed by atoms with Crippen molar-refractivity contribution in [3.63, 3.8) is 0 Å². The standard InChI is InChI=1S/C25H27N3O2S/c1-17-10-8-11-18(2)23(17)27-16-22(26)28(24-19(3)12-9-13-20(24)4)25(27)31(29,30)21-14-6-5-7-15-21/h5-15,25-26H,16H2,1-4H3. The van der Waals surface area contributed by atoms with E-state index in [1.165, 1.54) is 0 Å². The van der Waals surface area contributed by atoms with Gasteiger partial charge in [-0.2, -0.15) is 0 Å². The smallest absolute Gasteiger partial charge is 0.219 e. The molecule has 1 aliphatic rings. The molecule has 1 heterocycles. The highest BCUT2D eigenvalue weighted by Crippen LogP contribution is 2.39. The highest BCUT2D eigenvalue weighted by molar-refractivity contribution is 7.92. The van der Waals surface area contributed by atoms with E-state index in [0.29, 0.717) is 0 Å². The van der Waals surface area contributed by atoms with Crippen molar-refractivity contribution >= 4 is 27.0 Å². The molecule has 1 fully saturated rings. The third-order valence-corrected chi connectivity index (χ3v) is 7.80. The molecule has 0 radical (unpaired) electrons. The Morgan fingerprint density at radius 3 is 1.74 bits per heavy atom. The second kappa shape index (κ2) is 7.85. The third kappa shape index (κ3) is 3.51. The fraction of sp³-hybridized carbons (Fsp3) is 0.240. The van der Waals surface area contributed by atoms with Crippen LogP contribution in [0.4, 0.5) is 11.4 Å². The minimum atomic E-state index is -3.82. The first kappa shape index (κ1) is 21.1. The molecule has 4 rings (SSSR count). The Balaban J connectivity index is 1.99. The molecule has 0 saturated carbocycles. The molecule has 3 aromatic rings. The zero-order chi connectivity index (χ0) is 22.3. The van der Waals surface area contributed by atoms with Crippen molar-refractivity contribution in [2.75, 3.05) is 16.3 Å². The maximum absolute atomic E-state index is 14.0. The Bertz CT molecular complexity index is 1210. The maximum Gasteiger partial charge on any atom is 0.219 e. The number of hydrogen-bond donors (Lipinski definition) is 1. The van der Waals surface area contributed by atoms with E-state index in [0.717, 1.165) is 33.6 Å². The maximum atomic E-state index is 14.0. The van der Waals surface area contributed by atoms with Gasteiger partial charge < -0.3 is 4.90 Å². The molecular weight excluding hydrogens is 406 g/mol. The van der Waals surface area contributed by atoms with E-state index in [4.69, 9.17) is 5.41 Å². The van der Waals surface area contributed by atoms with Gasteiger partial charge in [0.2, 0.25) is 15.3 Å². The molecule has 6 heteroatoms. The lowest BCUT2D eigenvalue weighted by Gasteiger charge is -2.34. The first-order valence-electron chi connectivity index (χ1n) is 10.3. The van der Waals surface area contributed by atoms with Crippen LogP contribution in [0.3, 0.4) is 0 Å². The molecule has 0 spiro atoms. The van der Waals surface area contributed by atoms with E-state index in [-0.39, 0.29) is 17.3 Å². The number of nitrogens with one attached hydrogen (secondary N) is 1. The Kier molecular flexibility index (Phi) is 5.35. The molecule has 160 valence electrons. The van der Waals surface area contributed by atoms with Gasteiger partial charge in [0, 0.05) is 5.69 Å². The summed E-state index contributed by atoms with van der Waals surface area (Å²) in [5.41, 5.74) is 4.48. The molecule has 0 bridgehead atoms. The Hall–Kier alpha value is -3.12. The number of hydrogen-bond acceptors (Lipinski definition) is 4. The summed E-state index contributed by atoms with van der Waals surface area (Å²) in [4.78, 5) is 3.81. The van der Waals surface area contributed by atoms with E-state index < -0.39 is 15.3 Å². The summed E-state index contributed by atoms with van der Waals surface area (Å²) >= 11 is 0. The average molecular weight is 434 g/mol. The number of amidine groups is 1. The van der Waals surface area contributed by atoms with Gasteiger partial charge >= 0.3 is 0 Å². The van der Waals surface area contributed by atoms with Gasteiger partial charge in [0.1, 0.15) is 5.84 Å². The summed E-state index contributed by atoms with van der Waals surface area (Å²) in [7, 11) is -3.82. The van der Waals surface area contributed by atoms with Crippen LogP contribution in [0.25, 0.3) is 0 Å². The van der Waals surface area contributed by atoms with Crippen LogP contribution in [-0.4, -0.2) is 26.3 Å². The minimum Gasteiger partial charge on any atom is -0.330 e. The van der Waals surface area contributed by atoms with Gasteiger partial charge in [-0.15, -0.1) is 0 Å². The van der Waals surface area contributed by atoms with Crippen molar-refractivity contribution in [3.05, 3.63) is 89.0 Å². The van der Waals surface area contributed by atoms with Gasteiger partial charge in [0.25, 0.3) is 0 Å².